The van der Waals surface area contributed by atoms with Crippen LogP contribution >= 0.6 is 12.2 Å². The van der Waals surface area contributed by atoms with E-state index in [9.17, 15) is 0 Å². The van der Waals surface area contributed by atoms with Crippen LogP contribution in [0.3, 0.4) is 0 Å². The van der Waals surface area contributed by atoms with Crippen LogP contribution in [0.2, 0.25) is 0 Å². The molecule has 2 aromatic carbocycles. The van der Waals surface area contributed by atoms with Crippen molar-refractivity contribution >= 4 is 23.0 Å². The zero-order chi connectivity index (χ0) is 24.7. The molecule has 1 fully saturated rings. The van der Waals surface area contributed by atoms with Gasteiger partial charge < -0.3 is 14.8 Å². The van der Waals surface area contributed by atoms with Gasteiger partial charge in [-0.15, -0.1) is 0 Å². The van der Waals surface area contributed by atoms with Crippen molar-refractivity contribution in [3.63, 3.8) is 0 Å². The number of benzene rings is 2. The number of anilines is 1. The van der Waals surface area contributed by atoms with Gasteiger partial charge in [-0.2, -0.15) is 0 Å². The smallest absolute Gasteiger partial charge is 0.174 e. The lowest BCUT2D eigenvalue weighted by atomic mass is 9.96. The van der Waals surface area contributed by atoms with Gasteiger partial charge in [0.15, 0.2) is 5.11 Å². The molecule has 3 heterocycles. The van der Waals surface area contributed by atoms with Gasteiger partial charge in [-0.25, -0.2) is 0 Å². The highest BCUT2D eigenvalue weighted by Crippen LogP contribution is 2.44. The third kappa shape index (κ3) is 4.25. The van der Waals surface area contributed by atoms with Crippen LogP contribution in [-0.2, 0) is 0 Å². The minimum atomic E-state index is -0.0556. The Balaban J connectivity index is 1.66. The monoisotopic (exact) mass is 480 g/mol. The van der Waals surface area contributed by atoms with Crippen LogP contribution in [0, 0.1) is 20.8 Å². The van der Waals surface area contributed by atoms with Crippen molar-refractivity contribution in [1.29, 1.82) is 0 Å². The Morgan fingerprint density at radius 1 is 0.886 bits per heavy atom. The minimum Gasteiger partial charge on any atom is -0.351 e. The van der Waals surface area contributed by atoms with Gasteiger partial charge in [0.1, 0.15) is 0 Å². The summed E-state index contributed by atoms with van der Waals surface area (Å²) < 4.78 is 2.35. The first-order valence-electron chi connectivity index (χ1n) is 12.2. The van der Waals surface area contributed by atoms with Gasteiger partial charge >= 0.3 is 0 Å². The summed E-state index contributed by atoms with van der Waals surface area (Å²) in [6.07, 6.45) is 1.85. The van der Waals surface area contributed by atoms with E-state index in [-0.39, 0.29) is 12.1 Å². The maximum absolute atomic E-state index is 5.93. The molecule has 1 N–H and O–H groups in total. The molecule has 178 valence electrons. The number of pyridine rings is 1. The molecular formula is C30H32N4S. The van der Waals surface area contributed by atoms with Gasteiger partial charge in [-0.3, -0.25) is 4.98 Å². The molecule has 0 radical (unpaired) electrons. The van der Waals surface area contributed by atoms with E-state index in [1.54, 1.807) is 0 Å². The summed E-state index contributed by atoms with van der Waals surface area (Å²) in [6.45, 7) is 11.0. The average molecular weight is 481 g/mol. The zero-order valence-corrected chi connectivity index (χ0v) is 21.8. The first kappa shape index (κ1) is 23.3. The third-order valence-electron chi connectivity index (χ3n) is 6.98. The summed E-state index contributed by atoms with van der Waals surface area (Å²) in [5.74, 6) is 0.484. The van der Waals surface area contributed by atoms with Crippen LogP contribution in [0.5, 0.6) is 0 Å². The van der Waals surface area contributed by atoms with Crippen LogP contribution < -0.4 is 10.2 Å². The van der Waals surface area contributed by atoms with Gasteiger partial charge in [-0.05, 0) is 98.1 Å². The number of rotatable bonds is 5. The second-order valence-corrected chi connectivity index (χ2v) is 10.1. The predicted octanol–water partition coefficient (Wildman–Crippen LogP) is 7.10. The quantitative estimate of drug-likeness (QED) is 0.309. The van der Waals surface area contributed by atoms with Gasteiger partial charge in [-0.1, -0.05) is 44.2 Å². The summed E-state index contributed by atoms with van der Waals surface area (Å²) in [7, 11) is 0. The van der Waals surface area contributed by atoms with Crippen LogP contribution in [0.25, 0.3) is 5.69 Å². The van der Waals surface area contributed by atoms with Crippen molar-refractivity contribution in [3.8, 4) is 5.69 Å². The number of nitrogens with zero attached hydrogens (tertiary/aromatic N) is 3. The molecule has 0 unspecified atom stereocenters. The minimum absolute atomic E-state index is 0.0212. The fourth-order valence-electron chi connectivity index (χ4n) is 5.22. The Morgan fingerprint density at radius 3 is 2.31 bits per heavy atom. The number of nitrogens with one attached hydrogen (secondary N) is 1. The second-order valence-electron chi connectivity index (χ2n) is 9.74. The Kier molecular flexibility index (Phi) is 6.20. The normalized spacial score (nSPS) is 17.8. The second kappa shape index (κ2) is 9.31. The lowest BCUT2D eigenvalue weighted by Gasteiger charge is -2.28. The maximum atomic E-state index is 5.93. The van der Waals surface area contributed by atoms with Gasteiger partial charge in [0, 0.05) is 29.0 Å². The van der Waals surface area contributed by atoms with Crippen LogP contribution in [-0.4, -0.2) is 14.7 Å². The zero-order valence-electron chi connectivity index (χ0n) is 21.0. The largest absolute Gasteiger partial charge is 0.351 e. The number of hydrogen-bond donors (Lipinski definition) is 1. The number of aryl methyl sites for hydroxylation is 2. The summed E-state index contributed by atoms with van der Waals surface area (Å²) in [5, 5.41) is 4.32. The molecule has 5 heteroatoms. The molecule has 4 nitrogen and oxygen atoms in total. The first-order chi connectivity index (χ1) is 16.8. The van der Waals surface area contributed by atoms with Gasteiger partial charge in [0.25, 0.3) is 0 Å². The fraction of sp³-hybridized carbons (Fsp3) is 0.267. The maximum Gasteiger partial charge on any atom is 0.174 e. The molecule has 1 saturated heterocycles. The van der Waals surface area contributed by atoms with E-state index in [1.807, 2.05) is 18.3 Å². The highest BCUT2D eigenvalue weighted by Gasteiger charge is 2.42. The lowest BCUT2D eigenvalue weighted by molar-refractivity contribution is 0.565. The highest BCUT2D eigenvalue weighted by molar-refractivity contribution is 7.80. The highest BCUT2D eigenvalue weighted by atomic mass is 32.1. The molecule has 0 bridgehead atoms. The molecular weight excluding hydrogens is 448 g/mol. The Hall–Kier alpha value is -3.44. The van der Waals surface area contributed by atoms with E-state index in [1.165, 1.54) is 33.8 Å². The molecule has 1 aliphatic heterocycles. The summed E-state index contributed by atoms with van der Waals surface area (Å²) >= 11 is 5.93. The van der Waals surface area contributed by atoms with Crippen molar-refractivity contribution < 1.29 is 0 Å². The predicted molar refractivity (Wildman–Crippen MR) is 148 cm³/mol. The summed E-state index contributed by atoms with van der Waals surface area (Å²) in [5.41, 5.74) is 9.50. The molecule has 0 saturated carbocycles. The Morgan fingerprint density at radius 2 is 1.66 bits per heavy atom. The summed E-state index contributed by atoms with van der Waals surface area (Å²) in [6, 6.07) is 25.8. The standard InChI is InChI=1S/C30H32N4S/c1-19(2)23-12-14-24(15-13-23)34-29(28(32-30(34)35)27-11-6-7-16-31-27)26-18-21(4)33(22(26)5)25-10-8-9-20(3)17-25/h6-19,28-29H,1-5H3,(H,32,35)/t28-,29+/m0/s1. The molecule has 5 rings (SSSR count). The van der Waals surface area contributed by atoms with E-state index in [4.69, 9.17) is 17.2 Å². The molecule has 4 aromatic rings. The van der Waals surface area contributed by atoms with Crippen LogP contribution in [0.4, 0.5) is 5.69 Å². The molecule has 0 amide bonds. The van der Waals surface area contributed by atoms with E-state index in [0.717, 1.165) is 16.5 Å². The Labute approximate surface area is 213 Å². The SMILES string of the molecule is Cc1cccc(-n2c(C)cc([C@@H]3[C@H](c4ccccn4)NC(=S)N3c3ccc(C(C)C)cc3)c2C)c1. The first-order valence-corrected chi connectivity index (χ1v) is 12.6. The fourth-order valence-corrected chi connectivity index (χ4v) is 5.57. The van der Waals surface area contributed by atoms with Crippen molar-refractivity contribution in [3.05, 3.63) is 113 Å². The topological polar surface area (TPSA) is 33.1 Å². The van der Waals surface area contributed by atoms with Gasteiger partial charge in [0.2, 0.25) is 0 Å². The van der Waals surface area contributed by atoms with Crippen LogP contribution in [0.1, 0.15) is 65.6 Å². The van der Waals surface area contributed by atoms with Gasteiger partial charge in [0.05, 0.1) is 17.8 Å². The molecule has 2 atom stereocenters. The van der Waals surface area contributed by atoms with E-state index in [0.29, 0.717) is 5.92 Å². The Bertz CT molecular complexity index is 1360. The van der Waals surface area contributed by atoms with Crippen molar-refractivity contribution in [2.45, 2.75) is 52.6 Å². The van der Waals surface area contributed by atoms with Crippen molar-refractivity contribution in [1.82, 2.24) is 14.9 Å². The summed E-state index contributed by atoms with van der Waals surface area (Å²) in [4.78, 5) is 6.97. The molecule has 0 aliphatic carbocycles. The number of aromatic nitrogens is 2. The number of hydrogen-bond acceptors (Lipinski definition) is 2. The number of thiocarbonyl (C=S) groups is 1. The average Bonchev–Trinajstić information content (AvgIpc) is 3.34. The van der Waals surface area contributed by atoms with E-state index in [2.05, 4.69) is 110 Å². The molecule has 35 heavy (non-hydrogen) atoms. The third-order valence-corrected chi connectivity index (χ3v) is 7.30. The molecule has 2 aromatic heterocycles. The molecule has 0 spiro atoms. The van der Waals surface area contributed by atoms with Crippen molar-refractivity contribution in [2.24, 2.45) is 0 Å². The van der Waals surface area contributed by atoms with Crippen LogP contribution in [0.15, 0.2) is 79.0 Å². The molecule has 1 aliphatic rings. The van der Waals surface area contributed by atoms with Crippen molar-refractivity contribution in [2.75, 3.05) is 4.90 Å². The lowest BCUT2D eigenvalue weighted by Crippen LogP contribution is -2.29. The van der Waals surface area contributed by atoms with E-state index >= 15 is 0 Å². The van der Waals surface area contributed by atoms with E-state index < -0.39 is 0 Å².